The molecule has 1 aliphatic rings. The summed E-state index contributed by atoms with van der Waals surface area (Å²) in [6, 6.07) is 17.5. The zero-order valence-electron chi connectivity index (χ0n) is 18.5. The van der Waals surface area contributed by atoms with Crippen LogP contribution < -0.4 is 19.2 Å². The quantitative estimate of drug-likeness (QED) is 0.347. The van der Waals surface area contributed by atoms with Gasteiger partial charge in [0.2, 0.25) is 5.13 Å². The second kappa shape index (κ2) is 8.99. The molecule has 4 aromatic rings. The third-order valence-corrected chi connectivity index (χ3v) is 6.40. The third kappa shape index (κ3) is 4.05. The summed E-state index contributed by atoms with van der Waals surface area (Å²) in [7, 11) is 4.91. The van der Waals surface area contributed by atoms with Crippen molar-refractivity contribution in [3.05, 3.63) is 77.6 Å². The van der Waals surface area contributed by atoms with Crippen LogP contribution in [0.5, 0.6) is 17.2 Å². The highest BCUT2D eigenvalue weighted by molar-refractivity contribution is 7.14. The Morgan fingerprint density at radius 1 is 0.939 bits per heavy atom. The first-order valence-electron chi connectivity index (χ1n) is 10.4. The molecule has 0 radical (unpaired) electrons. The number of thiazole rings is 1. The maximum Gasteiger partial charge on any atom is 0.207 e. The number of hydrogen-bond acceptors (Lipinski definition) is 8. The van der Waals surface area contributed by atoms with Crippen LogP contribution in [0.4, 0.5) is 5.13 Å². The van der Waals surface area contributed by atoms with Crippen molar-refractivity contribution in [2.24, 2.45) is 5.10 Å². The number of benzene rings is 2. The lowest BCUT2D eigenvalue weighted by Crippen LogP contribution is -2.17. The Balaban J connectivity index is 1.49. The second-order valence-corrected chi connectivity index (χ2v) is 8.28. The van der Waals surface area contributed by atoms with Crippen LogP contribution in [0.25, 0.3) is 11.3 Å². The van der Waals surface area contributed by atoms with Crippen LogP contribution >= 0.6 is 11.3 Å². The standard InChI is InChI=1S/C25H23N3O4S/c1-29-18-9-6-16(7-10-18)19-14-21(22-5-4-12-32-22)28(27-19)25-26-20(15-33-25)17-8-11-23(30-2)24(13-17)31-3/h4-13,15,21H,14H2,1-3H3. The van der Waals surface area contributed by atoms with Gasteiger partial charge in [0.15, 0.2) is 11.5 Å². The fourth-order valence-electron chi connectivity index (χ4n) is 3.84. The molecule has 0 saturated carbocycles. The molecule has 1 unspecified atom stereocenters. The van der Waals surface area contributed by atoms with E-state index in [0.717, 1.165) is 39.2 Å². The maximum atomic E-state index is 5.75. The minimum atomic E-state index is -0.0681. The summed E-state index contributed by atoms with van der Waals surface area (Å²) in [6.07, 6.45) is 2.40. The molecule has 0 saturated heterocycles. The van der Waals surface area contributed by atoms with Crippen molar-refractivity contribution in [1.29, 1.82) is 0 Å². The molecule has 0 spiro atoms. The zero-order chi connectivity index (χ0) is 22.8. The molecule has 7 nitrogen and oxygen atoms in total. The maximum absolute atomic E-state index is 5.75. The van der Waals surface area contributed by atoms with Gasteiger partial charge < -0.3 is 18.6 Å². The molecule has 8 heteroatoms. The van der Waals surface area contributed by atoms with Gasteiger partial charge >= 0.3 is 0 Å². The summed E-state index contributed by atoms with van der Waals surface area (Å²) in [5.74, 6) is 3.02. The molecule has 0 fully saturated rings. The number of nitrogens with zero attached hydrogens (tertiary/aromatic N) is 3. The average Bonchev–Trinajstić information content (AvgIpc) is 3.63. The van der Waals surface area contributed by atoms with Gasteiger partial charge in [0.1, 0.15) is 17.6 Å². The van der Waals surface area contributed by atoms with Gasteiger partial charge in [0.05, 0.1) is 39.0 Å². The van der Waals surface area contributed by atoms with Crippen LogP contribution in [0.1, 0.15) is 23.8 Å². The van der Waals surface area contributed by atoms with Crippen molar-refractivity contribution < 1.29 is 18.6 Å². The van der Waals surface area contributed by atoms with Gasteiger partial charge in [-0.1, -0.05) is 0 Å². The summed E-state index contributed by atoms with van der Waals surface area (Å²) in [6.45, 7) is 0. The predicted molar refractivity (Wildman–Crippen MR) is 129 cm³/mol. The van der Waals surface area contributed by atoms with Crippen molar-refractivity contribution in [1.82, 2.24) is 4.98 Å². The monoisotopic (exact) mass is 461 g/mol. The van der Waals surface area contributed by atoms with E-state index >= 15 is 0 Å². The number of anilines is 1. The first-order valence-corrected chi connectivity index (χ1v) is 11.3. The molecule has 3 heterocycles. The van der Waals surface area contributed by atoms with Crippen LogP contribution in [0.3, 0.4) is 0 Å². The van der Waals surface area contributed by atoms with Crippen LogP contribution in [-0.2, 0) is 0 Å². The average molecular weight is 462 g/mol. The van der Waals surface area contributed by atoms with E-state index in [0.29, 0.717) is 17.9 Å². The topological polar surface area (TPSA) is 69.3 Å². The molecule has 0 aliphatic carbocycles. The first-order chi connectivity index (χ1) is 16.2. The van der Waals surface area contributed by atoms with Crippen molar-refractivity contribution >= 4 is 22.2 Å². The second-order valence-electron chi connectivity index (χ2n) is 7.44. The van der Waals surface area contributed by atoms with Crippen molar-refractivity contribution in [2.75, 3.05) is 26.3 Å². The number of ether oxygens (including phenoxy) is 3. The minimum Gasteiger partial charge on any atom is -0.497 e. The number of hydrazone groups is 1. The largest absolute Gasteiger partial charge is 0.497 e. The Labute approximate surface area is 195 Å². The van der Waals surface area contributed by atoms with Gasteiger partial charge in [-0.15, -0.1) is 11.3 Å². The number of hydrogen-bond donors (Lipinski definition) is 0. The number of aromatic nitrogens is 1. The van der Waals surface area contributed by atoms with Crippen molar-refractivity contribution in [3.8, 4) is 28.5 Å². The molecular formula is C25H23N3O4S. The van der Waals surface area contributed by atoms with Gasteiger partial charge in [-0.05, 0) is 60.2 Å². The third-order valence-electron chi connectivity index (χ3n) is 5.57. The highest BCUT2D eigenvalue weighted by Crippen LogP contribution is 2.40. The van der Waals surface area contributed by atoms with Crippen LogP contribution in [0.15, 0.2) is 75.8 Å². The molecule has 0 amide bonds. The van der Waals surface area contributed by atoms with E-state index in [-0.39, 0.29) is 6.04 Å². The SMILES string of the molecule is COc1ccc(C2=NN(c3nc(-c4ccc(OC)c(OC)c4)cs3)C(c3ccco3)C2)cc1. The normalized spacial score (nSPS) is 15.4. The van der Waals surface area contributed by atoms with E-state index in [1.165, 1.54) is 0 Å². The molecule has 0 N–H and O–H groups in total. The number of furan rings is 1. The van der Waals surface area contributed by atoms with Gasteiger partial charge in [0, 0.05) is 17.4 Å². The Morgan fingerprint density at radius 3 is 2.42 bits per heavy atom. The Bertz CT molecular complexity index is 1270. The van der Waals surface area contributed by atoms with Gasteiger partial charge in [-0.2, -0.15) is 5.10 Å². The molecular weight excluding hydrogens is 438 g/mol. The highest BCUT2D eigenvalue weighted by Gasteiger charge is 2.33. The molecule has 168 valence electrons. The van der Waals surface area contributed by atoms with Crippen molar-refractivity contribution in [3.63, 3.8) is 0 Å². The zero-order valence-corrected chi connectivity index (χ0v) is 19.3. The highest BCUT2D eigenvalue weighted by atomic mass is 32.1. The van der Waals surface area contributed by atoms with E-state index < -0.39 is 0 Å². The van der Waals surface area contributed by atoms with Crippen LogP contribution in [-0.4, -0.2) is 32.0 Å². The predicted octanol–water partition coefficient (Wildman–Crippen LogP) is 5.78. The Hall–Kier alpha value is -3.78. The fraction of sp³-hybridized carbons (Fsp3) is 0.200. The van der Waals surface area contributed by atoms with E-state index in [4.69, 9.17) is 28.7 Å². The molecule has 5 rings (SSSR count). The molecule has 0 bridgehead atoms. The molecule has 1 aliphatic heterocycles. The summed E-state index contributed by atoms with van der Waals surface area (Å²) in [5.41, 5.74) is 3.82. The Kier molecular flexibility index (Phi) is 5.75. The lowest BCUT2D eigenvalue weighted by molar-refractivity contribution is 0.355. The summed E-state index contributed by atoms with van der Waals surface area (Å²) < 4.78 is 21.8. The van der Waals surface area contributed by atoms with Crippen molar-refractivity contribution in [2.45, 2.75) is 12.5 Å². The number of rotatable bonds is 7. The van der Waals surface area contributed by atoms with E-state index in [1.807, 2.05) is 65.0 Å². The first kappa shape index (κ1) is 21.1. The van der Waals surface area contributed by atoms with E-state index in [9.17, 15) is 0 Å². The summed E-state index contributed by atoms with van der Waals surface area (Å²) in [4.78, 5) is 4.89. The molecule has 1 atom stereocenters. The van der Waals surface area contributed by atoms with E-state index in [2.05, 4.69) is 0 Å². The minimum absolute atomic E-state index is 0.0681. The molecule has 2 aromatic heterocycles. The Morgan fingerprint density at radius 2 is 1.73 bits per heavy atom. The summed E-state index contributed by atoms with van der Waals surface area (Å²) in [5, 5.41) is 9.71. The van der Waals surface area contributed by atoms with Crippen LogP contribution in [0, 0.1) is 0 Å². The van der Waals surface area contributed by atoms with Gasteiger partial charge in [-0.25, -0.2) is 9.99 Å². The van der Waals surface area contributed by atoms with Crippen LogP contribution in [0.2, 0.25) is 0 Å². The fourth-order valence-corrected chi connectivity index (χ4v) is 4.68. The lowest BCUT2D eigenvalue weighted by Gasteiger charge is -2.18. The van der Waals surface area contributed by atoms with E-state index in [1.54, 1.807) is 38.9 Å². The van der Waals surface area contributed by atoms with Gasteiger partial charge in [0.25, 0.3) is 0 Å². The molecule has 2 aromatic carbocycles. The lowest BCUT2D eigenvalue weighted by atomic mass is 10.0. The summed E-state index contributed by atoms with van der Waals surface area (Å²) >= 11 is 1.54. The molecule has 33 heavy (non-hydrogen) atoms. The smallest absolute Gasteiger partial charge is 0.207 e. The number of methoxy groups -OCH3 is 3. The van der Waals surface area contributed by atoms with Gasteiger partial charge in [-0.3, -0.25) is 0 Å².